The third-order valence-corrected chi connectivity index (χ3v) is 2.63. The molecule has 1 aromatic carbocycles. The molecule has 1 N–H and O–H groups in total. The fourth-order valence-electron chi connectivity index (χ4n) is 1.32. The molecule has 15 heavy (non-hydrogen) atoms. The van der Waals surface area contributed by atoms with E-state index >= 15 is 0 Å². The Kier molecular flexibility index (Phi) is 4.47. The minimum Gasteiger partial charge on any atom is -0.493 e. The topological polar surface area (TPSA) is 21.3 Å². The van der Waals surface area contributed by atoms with Crippen LogP contribution in [0.4, 0.5) is 8.78 Å². The summed E-state index contributed by atoms with van der Waals surface area (Å²) in [5, 5.41) is 2.87. The fourth-order valence-corrected chi connectivity index (χ4v) is 1.76. The summed E-state index contributed by atoms with van der Waals surface area (Å²) in [4.78, 5) is 0. The Bertz CT molecular complexity index is 358. The number of hydrogen-bond donors (Lipinski definition) is 1. The predicted molar refractivity (Wildman–Crippen MR) is 58.2 cm³/mol. The van der Waals surface area contributed by atoms with Crippen molar-refractivity contribution < 1.29 is 13.5 Å². The van der Waals surface area contributed by atoms with Crippen molar-refractivity contribution in [3.63, 3.8) is 0 Å². The molecule has 1 rings (SSSR count). The van der Waals surface area contributed by atoms with Crippen LogP contribution in [0.1, 0.15) is 5.56 Å². The molecule has 0 saturated heterocycles. The van der Waals surface area contributed by atoms with Gasteiger partial charge in [-0.3, -0.25) is 0 Å². The summed E-state index contributed by atoms with van der Waals surface area (Å²) in [5.41, 5.74) is 0.249. The van der Waals surface area contributed by atoms with Crippen LogP contribution in [0.3, 0.4) is 0 Å². The maximum absolute atomic E-state index is 13.6. The van der Waals surface area contributed by atoms with Gasteiger partial charge in [0.1, 0.15) is 5.82 Å². The van der Waals surface area contributed by atoms with Crippen LogP contribution in [-0.2, 0) is 6.42 Å². The average Bonchev–Trinajstić information content (AvgIpc) is 2.21. The van der Waals surface area contributed by atoms with Gasteiger partial charge in [-0.25, -0.2) is 8.78 Å². The summed E-state index contributed by atoms with van der Waals surface area (Å²) in [5.74, 6) is -1.05. The Labute approximate surface area is 95.8 Å². The zero-order valence-corrected chi connectivity index (χ0v) is 10.1. The Morgan fingerprint density at radius 1 is 1.47 bits per heavy atom. The lowest BCUT2D eigenvalue weighted by Gasteiger charge is -2.11. The summed E-state index contributed by atoms with van der Waals surface area (Å²) in [6, 6.07) is 1.07. The van der Waals surface area contributed by atoms with E-state index in [1.165, 1.54) is 7.11 Å². The van der Waals surface area contributed by atoms with Crippen molar-refractivity contribution in [1.82, 2.24) is 5.32 Å². The highest BCUT2D eigenvalue weighted by Gasteiger charge is 2.17. The van der Waals surface area contributed by atoms with E-state index in [-0.39, 0.29) is 15.8 Å². The van der Waals surface area contributed by atoms with E-state index in [1.807, 2.05) is 0 Å². The van der Waals surface area contributed by atoms with Crippen molar-refractivity contribution >= 4 is 15.9 Å². The third kappa shape index (κ3) is 2.66. The first-order valence-electron chi connectivity index (χ1n) is 4.46. The first-order chi connectivity index (χ1) is 7.11. The molecular formula is C10H12BrF2NO. The molecule has 1 aromatic rings. The molecule has 0 unspecified atom stereocenters. The lowest BCUT2D eigenvalue weighted by Crippen LogP contribution is -2.12. The molecule has 0 heterocycles. The van der Waals surface area contributed by atoms with Gasteiger partial charge in [0, 0.05) is 5.56 Å². The monoisotopic (exact) mass is 279 g/mol. The van der Waals surface area contributed by atoms with E-state index in [9.17, 15) is 8.78 Å². The highest BCUT2D eigenvalue weighted by Crippen LogP contribution is 2.31. The molecule has 0 aromatic heterocycles. The first kappa shape index (κ1) is 12.4. The Morgan fingerprint density at radius 2 is 2.13 bits per heavy atom. The second-order valence-electron chi connectivity index (χ2n) is 3.02. The number of likely N-dealkylation sites (N-methyl/N-ethyl adjacent to an activating group) is 1. The Morgan fingerprint density at radius 3 is 2.67 bits per heavy atom. The highest BCUT2D eigenvalue weighted by molar-refractivity contribution is 9.10. The predicted octanol–water partition coefficient (Wildman–Crippen LogP) is 2.50. The number of methoxy groups -OCH3 is 1. The van der Waals surface area contributed by atoms with E-state index in [4.69, 9.17) is 4.74 Å². The second-order valence-corrected chi connectivity index (χ2v) is 3.87. The number of hydrogen-bond acceptors (Lipinski definition) is 2. The van der Waals surface area contributed by atoms with E-state index < -0.39 is 11.6 Å². The summed E-state index contributed by atoms with van der Waals surface area (Å²) in [7, 11) is 3.08. The number of nitrogens with one attached hydrogen (secondary N) is 1. The molecule has 0 aliphatic rings. The zero-order valence-electron chi connectivity index (χ0n) is 8.53. The van der Waals surface area contributed by atoms with Gasteiger partial charge in [-0.15, -0.1) is 0 Å². The van der Waals surface area contributed by atoms with E-state index in [0.717, 1.165) is 6.07 Å². The van der Waals surface area contributed by atoms with Gasteiger partial charge < -0.3 is 10.1 Å². The van der Waals surface area contributed by atoms with Gasteiger partial charge in [-0.2, -0.15) is 0 Å². The van der Waals surface area contributed by atoms with Crippen LogP contribution >= 0.6 is 15.9 Å². The molecule has 0 fully saturated rings. The lowest BCUT2D eigenvalue weighted by molar-refractivity contribution is 0.375. The van der Waals surface area contributed by atoms with Crippen LogP contribution in [0.15, 0.2) is 10.5 Å². The van der Waals surface area contributed by atoms with Gasteiger partial charge in [-0.05, 0) is 42.0 Å². The summed E-state index contributed by atoms with van der Waals surface area (Å²) in [6.45, 7) is 0.559. The van der Waals surface area contributed by atoms with Crippen molar-refractivity contribution in [3.05, 3.63) is 27.7 Å². The number of ether oxygens (including phenoxy) is 1. The fraction of sp³-hybridized carbons (Fsp3) is 0.400. The Hall–Kier alpha value is -0.680. The van der Waals surface area contributed by atoms with Crippen LogP contribution in [0.25, 0.3) is 0 Å². The molecule has 0 radical (unpaired) electrons. The molecule has 0 amide bonds. The molecule has 2 nitrogen and oxygen atoms in total. The van der Waals surface area contributed by atoms with Gasteiger partial charge in [0.25, 0.3) is 0 Å². The van der Waals surface area contributed by atoms with Gasteiger partial charge in [0.15, 0.2) is 11.6 Å². The van der Waals surface area contributed by atoms with Gasteiger partial charge in [0.2, 0.25) is 0 Å². The number of rotatable bonds is 4. The largest absolute Gasteiger partial charge is 0.493 e. The van der Waals surface area contributed by atoms with Crippen LogP contribution in [0.5, 0.6) is 5.75 Å². The molecule has 0 saturated carbocycles. The minimum atomic E-state index is -0.558. The van der Waals surface area contributed by atoms with Crippen molar-refractivity contribution in [2.24, 2.45) is 0 Å². The van der Waals surface area contributed by atoms with Gasteiger partial charge >= 0.3 is 0 Å². The standard InChI is InChI=1S/C10H12BrF2NO/c1-14-4-3-6-9(13)7(11)5-8(12)10(6)15-2/h5,14H,3-4H2,1-2H3. The van der Waals surface area contributed by atoms with Crippen LogP contribution in [0, 0.1) is 11.6 Å². The highest BCUT2D eigenvalue weighted by atomic mass is 79.9. The Balaban J connectivity index is 3.18. The average molecular weight is 280 g/mol. The SMILES string of the molecule is CNCCc1c(F)c(Br)cc(F)c1OC. The summed E-state index contributed by atoms with van der Waals surface area (Å²) in [6.07, 6.45) is 0.377. The molecule has 5 heteroatoms. The van der Waals surface area contributed by atoms with E-state index in [1.54, 1.807) is 7.05 Å². The van der Waals surface area contributed by atoms with Crippen molar-refractivity contribution in [1.29, 1.82) is 0 Å². The van der Waals surface area contributed by atoms with E-state index in [0.29, 0.717) is 13.0 Å². The maximum Gasteiger partial charge on any atom is 0.166 e. The van der Waals surface area contributed by atoms with Gasteiger partial charge in [0.05, 0.1) is 11.6 Å². The molecule has 0 aliphatic carbocycles. The molecular weight excluding hydrogens is 268 g/mol. The number of halogens is 3. The second kappa shape index (κ2) is 5.42. The molecule has 0 atom stereocenters. The third-order valence-electron chi connectivity index (χ3n) is 2.05. The lowest BCUT2D eigenvalue weighted by atomic mass is 10.1. The quantitative estimate of drug-likeness (QED) is 0.856. The minimum absolute atomic E-state index is 0.0223. The van der Waals surface area contributed by atoms with Crippen LogP contribution in [-0.4, -0.2) is 20.7 Å². The zero-order chi connectivity index (χ0) is 11.4. The van der Waals surface area contributed by atoms with E-state index in [2.05, 4.69) is 21.2 Å². The molecule has 0 spiro atoms. The van der Waals surface area contributed by atoms with Crippen LogP contribution < -0.4 is 10.1 Å². The summed E-state index contributed by atoms with van der Waals surface area (Å²) >= 11 is 2.96. The van der Waals surface area contributed by atoms with Crippen molar-refractivity contribution in [2.45, 2.75) is 6.42 Å². The normalized spacial score (nSPS) is 10.5. The maximum atomic E-state index is 13.6. The number of benzene rings is 1. The van der Waals surface area contributed by atoms with Crippen LogP contribution in [0.2, 0.25) is 0 Å². The molecule has 0 aliphatic heterocycles. The van der Waals surface area contributed by atoms with Crippen molar-refractivity contribution in [3.8, 4) is 5.75 Å². The molecule has 0 bridgehead atoms. The summed E-state index contributed by atoms with van der Waals surface area (Å²) < 4.78 is 32.0. The molecule has 84 valence electrons. The smallest absolute Gasteiger partial charge is 0.166 e. The van der Waals surface area contributed by atoms with Crippen molar-refractivity contribution in [2.75, 3.05) is 20.7 Å². The first-order valence-corrected chi connectivity index (χ1v) is 5.26. The van der Waals surface area contributed by atoms with Gasteiger partial charge in [-0.1, -0.05) is 0 Å².